The van der Waals surface area contributed by atoms with Crippen molar-refractivity contribution in [2.24, 2.45) is 0 Å². The van der Waals surface area contributed by atoms with Gasteiger partial charge in [-0.15, -0.1) is 6.42 Å². The zero-order valence-corrected chi connectivity index (χ0v) is 11.5. The lowest BCUT2D eigenvalue weighted by molar-refractivity contribution is 0.185. The van der Waals surface area contributed by atoms with E-state index < -0.39 is 5.82 Å². The Morgan fingerprint density at radius 1 is 1.57 bits per heavy atom. The van der Waals surface area contributed by atoms with E-state index in [1.165, 1.54) is 18.2 Å². The average molecular weight is 292 g/mol. The van der Waals surface area contributed by atoms with Gasteiger partial charge in [-0.2, -0.15) is 0 Å². The van der Waals surface area contributed by atoms with Gasteiger partial charge in [-0.3, -0.25) is 0 Å². The van der Waals surface area contributed by atoms with Crippen LogP contribution in [0.3, 0.4) is 0 Å². The summed E-state index contributed by atoms with van der Waals surface area (Å²) in [4.78, 5) is 13.8. The quantitative estimate of drug-likeness (QED) is 0.786. The lowest BCUT2D eigenvalue weighted by Gasteiger charge is -2.22. The summed E-state index contributed by atoms with van der Waals surface area (Å²) in [6.45, 7) is 0.140. The molecule has 0 heterocycles. The smallest absolute Gasteiger partial charge is 0.322 e. The largest absolute Gasteiger partial charge is 0.479 e. The number of amides is 2. The second-order valence-corrected chi connectivity index (χ2v) is 4.71. The number of carbonyl (C=O) groups excluding carboxylic acids is 1. The molecule has 1 aliphatic carbocycles. The summed E-state index contributed by atoms with van der Waals surface area (Å²) in [5.74, 6) is 1.99. The number of rotatable bonds is 6. The maximum atomic E-state index is 13.2. The molecule has 1 fully saturated rings. The minimum absolute atomic E-state index is 0.0185. The molecule has 0 saturated heterocycles. The van der Waals surface area contributed by atoms with Crippen molar-refractivity contribution in [2.75, 3.05) is 25.1 Å². The summed E-state index contributed by atoms with van der Waals surface area (Å²) >= 11 is 0. The van der Waals surface area contributed by atoms with Crippen molar-refractivity contribution in [1.82, 2.24) is 4.90 Å². The molecule has 0 bridgehead atoms. The van der Waals surface area contributed by atoms with Crippen molar-refractivity contribution in [3.05, 3.63) is 24.0 Å². The van der Waals surface area contributed by atoms with Crippen LogP contribution >= 0.6 is 0 Å². The molecule has 0 spiro atoms. The van der Waals surface area contributed by atoms with Crippen LogP contribution in [0.15, 0.2) is 18.2 Å². The molecule has 1 aromatic rings. The second-order valence-electron chi connectivity index (χ2n) is 4.71. The van der Waals surface area contributed by atoms with E-state index in [0.717, 1.165) is 12.8 Å². The Kier molecular flexibility index (Phi) is 5.01. The molecule has 2 rings (SSSR count). The number of hydrogen-bond acceptors (Lipinski definition) is 3. The summed E-state index contributed by atoms with van der Waals surface area (Å²) in [5.41, 5.74) is 0.347. The minimum atomic E-state index is -0.477. The van der Waals surface area contributed by atoms with Crippen LogP contribution in [-0.2, 0) is 0 Å². The first-order valence-corrected chi connectivity index (χ1v) is 6.70. The third-order valence-electron chi connectivity index (χ3n) is 3.09. The predicted octanol–water partition coefficient (Wildman–Crippen LogP) is 1.83. The zero-order chi connectivity index (χ0) is 15.2. The monoisotopic (exact) mass is 292 g/mol. The van der Waals surface area contributed by atoms with E-state index in [2.05, 4.69) is 11.2 Å². The highest BCUT2D eigenvalue weighted by atomic mass is 19.1. The molecule has 0 radical (unpaired) electrons. The number of carbonyl (C=O) groups is 1. The molecule has 112 valence electrons. The number of terminal acetylenes is 1. The van der Waals surface area contributed by atoms with Gasteiger partial charge in [-0.1, -0.05) is 5.92 Å². The number of nitrogens with zero attached hydrogens (tertiary/aromatic N) is 1. The Balaban J connectivity index is 2.10. The number of benzene rings is 1. The van der Waals surface area contributed by atoms with Crippen LogP contribution in [0.1, 0.15) is 12.8 Å². The Hall–Kier alpha value is -2.26. The van der Waals surface area contributed by atoms with Crippen molar-refractivity contribution in [2.45, 2.75) is 18.9 Å². The van der Waals surface area contributed by atoms with Gasteiger partial charge in [-0.05, 0) is 25.0 Å². The number of urea groups is 1. The van der Waals surface area contributed by atoms with Crippen molar-refractivity contribution in [3.63, 3.8) is 0 Å². The number of hydrogen-bond donors (Lipinski definition) is 2. The highest BCUT2D eigenvalue weighted by Crippen LogP contribution is 2.29. The van der Waals surface area contributed by atoms with Crippen molar-refractivity contribution in [1.29, 1.82) is 0 Å². The number of anilines is 1. The molecule has 5 nitrogen and oxygen atoms in total. The first-order valence-electron chi connectivity index (χ1n) is 6.70. The molecular weight excluding hydrogens is 275 g/mol. The maximum absolute atomic E-state index is 13.2. The van der Waals surface area contributed by atoms with Crippen molar-refractivity contribution < 1.29 is 19.0 Å². The molecule has 2 amide bonds. The highest BCUT2D eigenvalue weighted by molar-refractivity contribution is 5.91. The van der Waals surface area contributed by atoms with Gasteiger partial charge in [0.25, 0.3) is 0 Å². The van der Waals surface area contributed by atoms with Crippen LogP contribution < -0.4 is 10.1 Å². The predicted molar refractivity (Wildman–Crippen MR) is 76.6 cm³/mol. The third-order valence-corrected chi connectivity index (χ3v) is 3.09. The molecule has 0 aromatic heterocycles. The molecule has 0 aliphatic heterocycles. The van der Waals surface area contributed by atoms with E-state index in [1.807, 2.05) is 0 Å². The fraction of sp³-hybridized carbons (Fsp3) is 0.400. The number of aliphatic hydroxyl groups is 1. The van der Waals surface area contributed by atoms with Crippen LogP contribution in [0.5, 0.6) is 5.75 Å². The Labute approximate surface area is 122 Å². The SMILES string of the molecule is C#CCOc1cc(F)ccc1NC(=O)N(CCO)C1CC1. The number of halogens is 1. The molecule has 21 heavy (non-hydrogen) atoms. The van der Waals surface area contributed by atoms with E-state index in [9.17, 15) is 9.18 Å². The molecule has 1 aromatic carbocycles. The summed E-state index contributed by atoms with van der Waals surface area (Å²) in [5, 5.41) is 11.7. The van der Waals surface area contributed by atoms with Gasteiger partial charge in [0.05, 0.1) is 12.3 Å². The number of nitrogens with one attached hydrogen (secondary N) is 1. The van der Waals surface area contributed by atoms with Crippen LogP contribution in [0, 0.1) is 18.2 Å². The lowest BCUT2D eigenvalue weighted by atomic mass is 10.3. The molecule has 2 N–H and O–H groups in total. The Morgan fingerprint density at radius 3 is 2.95 bits per heavy atom. The number of ether oxygens (including phenoxy) is 1. The van der Waals surface area contributed by atoms with Gasteiger partial charge in [0.1, 0.15) is 18.2 Å². The molecule has 0 unspecified atom stereocenters. The normalized spacial score (nSPS) is 13.4. The number of aliphatic hydroxyl groups excluding tert-OH is 1. The molecule has 6 heteroatoms. The van der Waals surface area contributed by atoms with Crippen LogP contribution in [0.4, 0.5) is 14.9 Å². The zero-order valence-electron chi connectivity index (χ0n) is 11.5. The van der Waals surface area contributed by atoms with E-state index >= 15 is 0 Å². The Bertz CT molecular complexity index is 552. The maximum Gasteiger partial charge on any atom is 0.322 e. The highest BCUT2D eigenvalue weighted by Gasteiger charge is 2.32. The van der Waals surface area contributed by atoms with Gasteiger partial charge in [0.15, 0.2) is 0 Å². The fourth-order valence-electron chi connectivity index (χ4n) is 1.97. The van der Waals surface area contributed by atoms with E-state index in [0.29, 0.717) is 5.69 Å². The van der Waals surface area contributed by atoms with Crippen molar-refractivity contribution in [3.8, 4) is 18.1 Å². The van der Waals surface area contributed by atoms with Crippen molar-refractivity contribution >= 4 is 11.7 Å². The van der Waals surface area contributed by atoms with Gasteiger partial charge < -0.3 is 20.1 Å². The first kappa shape index (κ1) is 15.1. The standard InChI is InChI=1S/C15H17FN2O3/c1-2-9-21-14-10-11(16)3-6-13(14)17-15(20)18(7-8-19)12-4-5-12/h1,3,6,10,12,19H,4-5,7-9H2,(H,17,20). The summed E-state index contributed by atoms with van der Waals surface area (Å²) in [6.07, 6.45) is 6.97. The lowest BCUT2D eigenvalue weighted by Crippen LogP contribution is -2.38. The minimum Gasteiger partial charge on any atom is -0.479 e. The average Bonchev–Trinajstić information content (AvgIpc) is 3.29. The van der Waals surface area contributed by atoms with Gasteiger partial charge in [-0.25, -0.2) is 9.18 Å². The van der Waals surface area contributed by atoms with Gasteiger partial charge >= 0.3 is 6.03 Å². The van der Waals surface area contributed by atoms with E-state index in [4.69, 9.17) is 16.3 Å². The van der Waals surface area contributed by atoms with E-state index in [1.54, 1.807) is 4.90 Å². The molecule has 1 saturated carbocycles. The fourth-order valence-corrected chi connectivity index (χ4v) is 1.97. The molecule has 1 aliphatic rings. The van der Waals surface area contributed by atoms with Gasteiger partial charge in [0.2, 0.25) is 0 Å². The molecule has 0 atom stereocenters. The summed E-state index contributed by atoms with van der Waals surface area (Å²) in [6, 6.07) is 3.63. The van der Waals surface area contributed by atoms with E-state index in [-0.39, 0.29) is 37.6 Å². The first-order chi connectivity index (χ1) is 10.2. The van der Waals surface area contributed by atoms with Crippen LogP contribution in [0.25, 0.3) is 0 Å². The Morgan fingerprint density at radius 2 is 2.33 bits per heavy atom. The summed E-state index contributed by atoms with van der Waals surface area (Å²) < 4.78 is 18.5. The van der Waals surface area contributed by atoms with Crippen LogP contribution in [0.2, 0.25) is 0 Å². The molecular formula is C15H17FN2O3. The van der Waals surface area contributed by atoms with Crippen LogP contribution in [-0.4, -0.2) is 41.8 Å². The third kappa shape index (κ3) is 4.10. The van der Waals surface area contributed by atoms with Gasteiger partial charge in [0, 0.05) is 18.7 Å². The summed E-state index contributed by atoms with van der Waals surface area (Å²) in [7, 11) is 0. The second kappa shape index (κ2) is 6.95. The topological polar surface area (TPSA) is 61.8 Å².